The minimum atomic E-state index is -1.91. The average molecular weight is 287 g/mol. The molecule has 0 aromatic rings. The van der Waals surface area contributed by atoms with Gasteiger partial charge in [-0.15, -0.1) is 6.58 Å². The summed E-state index contributed by atoms with van der Waals surface area (Å²) in [5, 5.41) is 10.2. The van der Waals surface area contributed by atoms with Crippen LogP contribution in [0.2, 0.25) is 16.6 Å². The Labute approximate surface area is 121 Å². The molecule has 0 fully saturated rings. The maximum absolute atomic E-state index is 10.2. The first-order valence-corrected chi connectivity index (χ1v) is 9.84. The zero-order valence-electron chi connectivity index (χ0n) is 13.9. The van der Waals surface area contributed by atoms with Gasteiger partial charge in [0.05, 0.1) is 12.2 Å². The second-order valence-corrected chi connectivity index (χ2v) is 11.9. The third kappa shape index (κ3) is 4.43. The van der Waals surface area contributed by atoms with Crippen molar-refractivity contribution in [2.75, 3.05) is 0 Å². The van der Waals surface area contributed by atoms with E-state index >= 15 is 0 Å². The molecule has 19 heavy (non-hydrogen) atoms. The lowest BCUT2D eigenvalue weighted by molar-refractivity contribution is 0.0249. The molecule has 0 aromatic heterocycles. The van der Waals surface area contributed by atoms with Crippen LogP contribution in [0.1, 0.15) is 61.3 Å². The average Bonchev–Trinajstić information content (AvgIpc) is 2.31. The van der Waals surface area contributed by atoms with Crippen LogP contribution < -0.4 is 0 Å². The Morgan fingerprint density at radius 1 is 1.05 bits per heavy atom. The van der Waals surface area contributed by atoms with Crippen LogP contribution in [0.3, 0.4) is 0 Å². The highest BCUT2D eigenvalue weighted by molar-refractivity contribution is 6.77. The van der Waals surface area contributed by atoms with Gasteiger partial charge >= 0.3 is 0 Å². The number of rotatable bonds is 9. The molecule has 1 N–H and O–H groups in total. The lowest BCUT2D eigenvalue weighted by Gasteiger charge is -2.45. The first kappa shape index (κ1) is 18.9. The molecule has 0 saturated heterocycles. The second-order valence-electron chi connectivity index (χ2n) is 6.47. The Hall–Kier alpha value is -0.123. The van der Waals surface area contributed by atoms with E-state index < -0.39 is 8.32 Å². The van der Waals surface area contributed by atoms with Gasteiger partial charge in [-0.25, -0.2) is 0 Å². The van der Waals surface area contributed by atoms with Crippen LogP contribution in [0.5, 0.6) is 0 Å². The molecule has 0 aliphatic heterocycles. The SMILES string of the molecule is C=CC[C@@H](O[Si](C(C)C)(C(C)C)C(C)C)[C@H](O)CC. The maximum atomic E-state index is 10.2. The highest BCUT2D eigenvalue weighted by Gasteiger charge is 2.47. The maximum Gasteiger partial charge on any atom is 0.200 e. The minimum absolute atomic E-state index is 0.0960. The van der Waals surface area contributed by atoms with E-state index in [-0.39, 0.29) is 12.2 Å². The molecule has 0 radical (unpaired) electrons. The molecule has 3 heteroatoms. The van der Waals surface area contributed by atoms with Crippen LogP contribution >= 0.6 is 0 Å². The van der Waals surface area contributed by atoms with E-state index in [1.807, 2.05) is 13.0 Å². The van der Waals surface area contributed by atoms with Crippen LogP contribution in [0.4, 0.5) is 0 Å². The van der Waals surface area contributed by atoms with Gasteiger partial charge < -0.3 is 9.53 Å². The molecule has 0 unspecified atom stereocenters. The van der Waals surface area contributed by atoms with Crippen LogP contribution in [-0.4, -0.2) is 25.6 Å². The van der Waals surface area contributed by atoms with Crippen molar-refractivity contribution in [3.63, 3.8) is 0 Å². The summed E-state index contributed by atoms with van der Waals surface area (Å²) >= 11 is 0. The molecule has 0 heterocycles. The van der Waals surface area contributed by atoms with Gasteiger partial charge in [0.1, 0.15) is 0 Å². The minimum Gasteiger partial charge on any atom is -0.410 e. The Balaban J connectivity index is 5.31. The topological polar surface area (TPSA) is 29.5 Å². The molecule has 114 valence electrons. The van der Waals surface area contributed by atoms with Gasteiger partial charge in [-0.1, -0.05) is 54.5 Å². The summed E-state index contributed by atoms with van der Waals surface area (Å²) in [4.78, 5) is 0. The molecule has 0 spiro atoms. The van der Waals surface area contributed by atoms with Crippen molar-refractivity contribution in [2.45, 2.75) is 90.1 Å². The van der Waals surface area contributed by atoms with Gasteiger partial charge in [-0.05, 0) is 29.5 Å². The summed E-state index contributed by atoms with van der Waals surface area (Å²) in [6, 6.07) is 0. The molecule has 0 saturated carbocycles. The Kier molecular flexibility index (Phi) is 8.17. The van der Waals surface area contributed by atoms with Gasteiger partial charge in [0.2, 0.25) is 8.32 Å². The Morgan fingerprint density at radius 2 is 1.47 bits per heavy atom. The van der Waals surface area contributed by atoms with Gasteiger partial charge in [0, 0.05) is 0 Å². The fraction of sp³-hybridized carbons (Fsp3) is 0.875. The Bertz CT molecular complexity index is 240. The van der Waals surface area contributed by atoms with Crippen LogP contribution in [0.25, 0.3) is 0 Å². The van der Waals surface area contributed by atoms with Crippen LogP contribution in [-0.2, 0) is 4.43 Å². The van der Waals surface area contributed by atoms with Crippen LogP contribution in [0.15, 0.2) is 12.7 Å². The highest BCUT2D eigenvalue weighted by atomic mass is 28.4. The van der Waals surface area contributed by atoms with E-state index in [1.54, 1.807) is 0 Å². The second kappa shape index (κ2) is 8.23. The number of hydrogen-bond donors (Lipinski definition) is 1. The zero-order chi connectivity index (χ0) is 15.2. The van der Waals surface area contributed by atoms with Crippen molar-refractivity contribution in [2.24, 2.45) is 0 Å². The van der Waals surface area contributed by atoms with E-state index in [0.717, 1.165) is 12.8 Å². The van der Waals surface area contributed by atoms with E-state index in [9.17, 15) is 5.11 Å². The molecular weight excluding hydrogens is 252 g/mol. The van der Waals surface area contributed by atoms with Gasteiger partial charge in [-0.2, -0.15) is 0 Å². The zero-order valence-corrected chi connectivity index (χ0v) is 14.9. The van der Waals surface area contributed by atoms with Crippen molar-refractivity contribution in [1.82, 2.24) is 0 Å². The lowest BCUT2D eigenvalue weighted by atomic mass is 10.1. The quantitative estimate of drug-likeness (QED) is 0.483. The predicted octanol–water partition coefficient (Wildman–Crippen LogP) is 4.89. The van der Waals surface area contributed by atoms with E-state index in [4.69, 9.17) is 4.43 Å². The van der Waals surface area contributed by atoms with Crippen molar-refractivity contribution in [3.8, 4) is 0 Å². The molecule has 0 aliphatic carbocycles. The van der Waals surface area contributed by atoms with Gasteiger partial charge in [0.25, 0.3) is 0 Å². The lowest BCUT2D eigenvalue weighted by Crippen LogP contribution is -2.52. The predicted molar refractivity (Wildman–Crippen MR) is 87.0 cm³/mol. The summed E-state index contributed by atoms with van der Waals surface area (Å²) in [6.45, 7) is 19.5. The standard InChI is InChI=1S/C16H34O2Si/c1-9-11-16(15(17)10-2)18-19(12(3)4,13(5)6)14(7)8/h9,12-17H,1,10-11H2,2-8H3/t15-,16-/m1/s1. The number of hydrogen-bond acceptors (Lipinski definition) is 2. The first-order chi connectivity index (χ1) is 8.73. The largest absolute Gasteiger partial charge is 0.410 e. The molecule has 2 atom stereocenters. The van der Waals surface area contributed by atoms with Gasteiger partial charge in [-0.3, -0.25) is 0 Å². The highest BCUT2D eigenvalue weighted by Crippen LogP contribution is 2.43. The van der Waals surface area contributed by atoms with Crippen molar-refractivity contribution < 1.29 is 9.53 Å². The summed E-state index contributed by atoms with van der Waals surface area (Å²) in [5.74, 6) is 0. The third-order valence-corrected chi connectivity index (χ3v) is 10.4. The first-order valence-electron chi connectivity index (χ1n) is 7.70. The molecule has 0 bridgehead atoms. The fourth-order valence-corrected chi connectivity index (χ4v) is 8.98. The third-order valence-electron chi connectivity index (χ3n) is 4.31. The van der Waals surface area contributed by atoms with Crippen molar-refractivity contribution >= 4 is 8.32 Å². The van der Waals surface area contributed by atoms with E-state index in [0.29, 0.717) is 16.6 Å². The molecule has 0 rings (SSSR count). The van der Waals surface area contributed by atoms with Crippen LogP contribution in [0, 0.1) is 0 Å². The summed E-state index contributed by atoms with van der Waals surface area (Å²) in [7, 11) is -1.91. The molecule has 2 nitrogen and oxygen atoms in total. The summed E-state index contributed by atoms with van der Waals surface area (Å²) in [6.07, 6.45) is 2.85. The molecule has 0 aliphatic rings. The van der Waals surface area contributed by atoms with E-state index in [1.165, 1.54) is 0 Å². The number of aliphatic hydroxyl groups is 1. The van der Waals surface area contributed by atoms with E-state index in [2.05, 4.69) is 48.1 Å². The monoisotopic (exact) mass is 286 g/mol. The summed E-state index contributed by atoms with van der Waals surface area (Å²) < 4.78 is 6.63. The molecular formula is C16H34O2Si. The van der Waals surface area contributed by atoms with Gasteiger partial charge in [0.15, 0.2) is 0 Å². The smallest absolute Gasteiger partial charge is 0.200 e. The number of aliphatic hydroxyl groups excluding tert-OH is 1. The van der Waals surface area contributed by atoms with Crippen molar-refractivity contribution in [1.29, 1.82) is 0 Å². The fourth-order valence-electron chi connectivity index (χ4n) is 3.38. The Morgan fingerprint density at radius 3 is 1.74 bits per heavy atom. The summed E-state index contributed by atoms with van der Waals surface area (Å²) in [5.41, 5.74) is 1.64. The normalized spacial score (nSPS) is 16.2. The molecule has 0 aromatic carbocycles. The molecule has 0 amide bonds. The van der Waals surface area contributed by atoms with Crippen molar-refractivity contribution in [3.05, 3.63) is 12.7 Å².